The molecule has 0 unspecified atom stereocenters. The smallest absolute Gasteiger partial charge is 0.271 e. The van der Waals surface area contributed by atoms with E-state index in [1.807, 2.05) is 38.4 Å². The summed E-state index contributed by atoms with van der Waals surface area (Å²) in [6.07, 6.45) is 4.47. The fourth-order valence-electron chi connectivity index (χ4n) is 1.74. The molecule has 23 heavy (non-hydrogen) atoms. The lowest BCUT2D eigenvalue weighted by Gasteiger charge is -2.11. The molecule has 0 aliphatic rings. The predicted molar refractivity (Wildman–Crippen MR) is 90.9 cm³/mol. The van der Waals surface area contributed by atoms with Gasteiger partial charge in [-0.1, -0.05) is 12.1 Å². The first-order valence-corrected chi connectivity index (χ1v) is 7.06. The molecular formula is C16H21ClN4O2. The number of hydrogen-bond acceptors (Lipinski definition) is 5. The fourth-order valence-corrected chi connectivity index (χ4v) is 1.74. The summed E-state index contributed by atoms with van der Waals surface area (Å²) < 4.78 is 5.62. The van der Waals surface area contributed by atoms with Crippen molar-refractivity contribution in [2.24, 2.45) is 0 Å². The van der Waals surface area contributed by atoms with E-state index in [2.05, 4.69) is 20.2 Å². The van der Waals surface area contributed by atoms with Crippen LogP contribution in [0.25, 0.3) is 0 Å². The third-order valence-corrected chi connectivity index (χ3v) is 2.98. The molecule has 0 saturated heterocycles. The highest BCUT2D eigenvalue weighted by Crippen LogP contribution is 2.12. The molecule has 1 aromatic carbocycles. The zero-order valence-corrected chi connectivity index (χ0v) is 14.0. The second kappa shape index (κ2) is 9.76. The summed E-state index contributed by atoms with van der Waals surface area (Å²) in [5.41, 5.74) is 1.31. The lowest BCUT2D eigenvalue weighted by Crippen LogP contribution is -2.23. The summed E-state index contributed by atoms with van der Waals surface area (Å²) in [4.78, 5) is 21.7. The van der Waals surface area contributed by atoms with Crippen molar-refractivity contribution in [3.63, 3.8) is 0 Å². The lowest BCUT2D eigenvalue weighted by molar-refractivity contribution is 0.0945. The maximum Gasteiger partial charge on any atom is 0.271 e. The molecule has 2 rings (SSSR count). The Morgan fingerprint density at radius 2 is 1.96 bits per heavy atom. The standard InChI is InChI=1S/C16H20N4O2.ClH/c1-20(2)9-10-22-14-5-3-13(4-6-14)11-19-16(21)15-12-17-7-8-18-15;/h3-8,12H,9-11H2,1-2H3,(H,19,21);1H. The zero-order chi connectivity index (χ0) is 15.8. The van der Waals surface area contributed by atoms with Gasteiger partial charge in [-0.15, -0.1) is 12.4 Å². The van der Waals surface area contributed by atoms with Gasteiger partial charge in [0.25, 0.3) is 5.91 Å². The van der Waals surface area contributed by atoms with Crippen LogP contribution in [-0.4, -0.2) is 48.0 Å². The minimum atomic E-state index is -0.237. The van der Waals surface area contributed by atoms with Crippen LogP contribution in [0.1, 0.15) is 16.1 Å². The molecule has 1 N–H and O–H groups in total. The van der Waals surface area contributed by atoms with Crippen molar-refractivity contribution in [1.29, 1.82) is 0 Å². The number of likely N-dealkylation sites (N-methyl/N-ethyl adjacent to an activating group) is 1. The molecule has 0 spiro atoms. The second-order valence-electron chi connectivity index (χ2n) is 5.07. The van der Waals surface area contributed by atoms with Gasteiger partial charge in [0.2, 0.25) is 0 Å². The maximum atomic E-state index is 11.8. The van der Waals surface area contributed by atoms with Crippen LogP contribution in [0.4, 0.5) is 0 Å². The number of carbonyl (C=O) groups excluding carboxylic acids is 1. The van der Waals surface area contributed by atoms with Crippen LogP contribution in [0.3, 0.4) is 0 Å². The highest BCUT2D eigenvalue weighted by Gasteiger charge is 2.06. The number of ether oxygens (including phenoxy) is 1. The van der Waals surface area contributed by atoms with E-state index in [0.717, 1.165) is 17.9 Å². The van der Waals surface area contributed by atoms with E-state index in [9.17, 15) is 4.79 Å². The Morgan fingerprint density at radius 3 is 2.57 bits per heavy atom. The van der Waals surface area contributed by atoms with E-state index in [4.69, 9.17) is 4.74 Å². The first-order valence-electron chi connectivity index (χ1n) is 7.06. The van der Waals surface area contributed by atoms with Gasteiger partial charge in [-0.05, 0) is 31.8 Å². The Labute approximate surface area is 142 Å². The molecule has 2 aromatic rings. The molecule has 0 bridgehead atoms. The average molecular weight is 337 g/mol. The van der Waals surface area contributed by atoms with Crippen LogP contribution >= 0.6 is 12.4 Å². The second-order valence-corrected chi connectivity index (χ2v) is 5.07. The number of benzene rings is 1. The normalized spacial score (nSPS) is 10.0. The Bertz CT molecular complexity index is 591. The Hall–Kier alpha value is -2.18. The number of halogens is 1. The molecular weight excluding hydrogens is 316 g/mol. The quantitative estimate of drug-likeness (QED) is 0.834. The minimum Gasteiger partial charge on any atom is -0.492 e. The fraction of sp³-hybridized carbons (Fsp3) is 0.312. The molecule has 0 saturated carbocycles. The Kier molecular flexibility index (Phi) is 8.01. The summed E-state index contributed by atoms with van der Waals surface area (Å²) in [6.45, 7) is 1.96. The minimum absolute atomic E-state index is 0. The maximum absolute atomic E-state index is 11.8. The summed E-state index contributed by atoms with van der Waals surface area (Å²) in [6, 6.07) is 7.67. The molecule has 0 fully saturated rings. The van der Waals surface area contributed by atoms with E-state index >= 15 is 0 Å². The van der Waals surface area contributed by atoms with Crippen molar-refractivity contribution in [2.45, 2.75) is 6.54 Å². The molecule has 7 heteroatoms. The summed E-state index contributed by atoms with van der Waals surface area (Å²) in [5, 5.41) is 2.80. The molecule has 0 aliphatic carbocycles. The number of amides is 1. The van der Waals surface area contributed by atoms with Crippen LogP contribution in [0.15, 0.2) is 42.9 Å². The van der Waals surface area contributed by atoms with Gasteiger partial charge in [0, 0.05) is 25.5 Å². The third-order valence-electron chi connectivity index (χ3n) is 2.98. The van der Waals surface area contributed by atoms with Crippen molar-refractivity contribution >= 4 is 18.3 Å². The zero-order valence-electron chi connectivity index (χ0n) is 13.2. The van der Waals surface area contributed by atoms with Gasteiger partial charge in [-0.25, -0.2) is 4.98 Å². The Morgan fingerprint density at radius 1 is 1.22 bits per heavy atom. The van der Waals surface area contributed by atoms with Crippen molar-refractivity contribution < 1.29 is 9.53 Å². The van der Waals surface area contributed by atoms with Gasteiger partial charge in [0.1, 0.15) is 18.1 Å². The van der Waals surface area contributed by atoms with Gasteiger partial charge in [-0.2, -0.15) is 0 Å². The van der Waals surface area contributed by atoms with E-state index in [1.54, 1.807) is 0 Å². The SMILES string of the molecule is CN(C)CCOc1ccc(CNC(=O)c2cnccn2)cc1.Cl. The summed E-state index contributed by atoms with van der Waals surface area (Å²) >= 11 is 0. The highest BCUT2D eigenvalue weighted by molar-refractivity contribution is 5.91. The van der Waals surface area contributed by atoms with Crippen LogP contribution < -0.4 is 10.1 Å². The molecule has 6 nitrogen and oxygen atoms in total. The largest absolute Gasteiger partial charge is 0.492 e. The lowest BCUT2D eigenvalue weighted by atomic mass is 10.2. The highest BCUT2D eigenvalue weighted by atomic mass is 35.5. The van der Waals surface area contributed by atoms with Gasteiger partial charge >= 0.3 is 0 Å². The van der Waals surface area contributed by atoms with E-state index in [1.165, 1.54) is 18.6 Å². The molecule has 1 amide bonds. The third kappa shape index (κ3) is 6.63. The molecule has 1 heterocycles. The summed E-state index contributed by atoms with van der Waals surface area (Å²) in [7, 11) is 4.01. The van der Waals surface area contributed by atoms with Crippen molar-refractivity contribution in [2.75, 3.05) is 27.2 Å². The number of nitrogens with one attached hydrogen (secondary N) is 1. The molecule has 0 aliphatic heterocycles. The van der Waals surface area contributed by atoms with E-state index < -0.39 is 0 Å². The molecule has 0 atom stereocenters. The predicted octanol–water partition coefficient (Wildman–Crippen LogP) is 1.77. The van der Waals surface area contributed by atoms with Crippen LogP contribution in [0.5, 0.6) is 5.75 Å². The number of nitrogens with zero attached hydrogens (tertiary/aromatic N) is 3. The number of hydrogen-bond donors (Lipinski definition) is 1. The molecule has 1 aromatic heterocycles. The monoisotopic (exact) mass is 336 g/mol. The van der Waals surface area contributed by atoms with Gasteiger partial charge < -0.3 is 15.0 Å². The van der Waals surface area contributed by atoms with Crippen LogP contribution in [0, 0.1) is 0 Å². The van der Waals surface area contributed by atoms with Gasteiger partial charge in [0.15, 0.2) is 0 Å². The first-order chi connectivity index (χ1) is 10.6. The summed E-state index contributed by atoms with van der Waals surface area (Å²) in [5.74, 6) is 0.588. The number of rotatable bonds is 7. The number of carbonyl (C=O) groups is 1. The topological polar surface area (TPSA) is 67.3 Å². The number of aromatic nitrogens is 2. The van der Waals surface area contributed by atoms with Crippen molar-refractivity contribution in [3.05, 3.63) is 54.1 Å². The van der Waals surface area contributed by atoms with Crippen molar-refractivity contribution in [1.82, 2.24) is 20.2 Å². The Balaban J connectivity index is 0.00000264. The van der Waals surface area contributed by atoms with Crippen LogP contribution in [0.2, 0.25) is 0 Å². The molecule has 124 valence electrons. The van der Waals surface area contributed by atoms with Crippen LogP contribution in [-0.2, 0) is 6.54 Å². The van der Waals surface area contributed by atoms with Gasteiger partial charge in [0.05, 0.1) is 6.20 Å². The van der Waals surface area contributed by atoms with Crippen molar-refractivity contribution in [3.8, 4) is 5.75 Å². The van der Waals surface area contributed by atoms with E-state index in [0.29, 0.717) is 18.8 Å². The van der Waals surface area contributed by atoms with E-state index in [-0.39, 0.29) is 18.3 Å². The molecule has 0 radical (unpaired) electrons. The van der Waals surface area contributed by atoms with Gasteiger partial charge in [-0.3, -0.25) is 9.78 Å². The first kappa shape index (κ1) is 18.9. The average Bonchev–Trinajstić information content (AvgIpc) is 2.54.